The lowest BCUT2D eigenvalue weighted by atomic mass is 9.88. The van der Waals surface area contributed by atoms with E-state index in [2.05, 4.69) is 59.2 Å². The van der Waals surface area contributed by atoms with Crippen LogP contribution in [0.15, 0.2) is 28.7 Å². The Bertz CT molecular complexity index is 638. The van der Waals surface area contributed by atoms with Gasteiger partial charge in [-0.25, -0.2) is 0 Å². The second-order valence-corrected chi connectivity index (χ2v) is 9.05. The highest BCUT2D eigenvalue weighted by atomic mass is 79.9. The zero-order chi connectivity index (χ0) is 19.3. The molecule has 1 aliphatic heterocycles. The highest BCUT2D eigenvalue weighted by Gasteiger charge is 2.32. The van der Waals surface area contributed by atoms with Crippen LogP contribution in [0.5, 0.6) is 0 Å². The van der Waals surface area contributed by atoms with E-state index in [4.69, 9.17) is 0 Å². The maximum absolute atomic E-state index is 12.2. The number of halogens is 1. The van der Waals surface area contributed by atoms with Crippen molar-refractivity contribution < 1.29 is 9.59 Å². The van der Waals surface area contributed by atoms with Crippen LogP contribution < -0.4 is 10.6 Å². The van der Waals surface area contributed by atoms with E-state index in [1.54, 1.807) is 18.2 Å². The van der Waals surface area contributed by atoms with Crippen molar-refractivity contribution in [1.82, 2.24) is 15.5 Å². The molecule has 2 atom stereocenters. The van der Waals surface area contributed by atoms with Crippen molar-refractivity contribution in [3.8, 4) is 0 Å². The van der Waals surface area contributed by atoms with Crippen molar-refractivity contribution in [2.75, 3.05) is 26.2 Å². The zero-order valence-electron chi connectivity index (χ0n) is 16.1. The molecule has 0 aromatic heterocycles. The Morgan fingerprint density at radius 3 is 2.46 bits per heavy atom. The quantitative estimate of drug-likeness (QED) is 0.738. The molecule has 2 rings (SSSR count). The van der Waals surface area contributed by atoms with Crippen molar-refractivity contribution in [2.45, 2.75) is 39.7 Å². The molecular formula is C20H30BrN3O2. The third-order valence-electron chi connectivity index (χ3n) is 4.94. The molecule has 1 fully saturated rings. The van der Waals surface area contributed by atoms with Crippen LogP contribution in [0.3, 0.4) is 0 Å². The molecule has 2 unspecified atom stereocenters. The maximum Gasteiger partial charge on any atom is 0.251 e. The molecule has 26 heavy (non-hydrogen) atoms. The molecule has 1 aliphatic rings. The predicted molar refractivity (Wildman–Crippen MR) is 108 cm³/mol. The van der Waals surface area contributed by atoms with Crippen molar-refractivity contribution in [3.63, 3.8) is 0 Å². The van der Waals surface area contributed by atoms with Gasteiger partial charge in [0, 0.05) is 35.2 Å². The van der Waals surface area contributed by atoms with Gasteiger partial charge in [-0.3, -0.25) is 14.5 Å². The van der Waals surface area contributed by atoms with Crippen LogP contribution in [-0.4, -0.2) is 48.4 Å². The van der Waals surface area contributed by atoms with Gasteiger partial charge in [-0.2, -0.15) is 0 Å². The second-order valence-electron chi connectivity index (χ2n) is 8.13. The summed E-state index contributed by atoms with van der Waals surface area (Å²) in [5, 5.41) is 5.63. The van der Waals surface area contributed by atoms with Gasteiger partial charge < -0.3 is 10.6 Å². The van der Waals surface area contributed by atoms with Crippen LogP contribution >= 0.6 is 15.9 Å². The standard InChI is InChI=1S/C20H30BrN3O2/c1-14-8-15(2)12-24(11-14)20(3,4)13-23-18(25)10-22-19(26)16-6-5-7-17(21)9-16/h5-7,9,14-15H,8,10-13H2,1-4H3,(H,22,26)(H,23,25). The fraction of sp³-hybridized carbons (Fsp3) is 0.600. The minimum Gasteiger partial charge on any atom is -0.353 e. The van der Waals surface area contributed by atoms with Crippen LogP contribution in [0.25, 0.3) is 0 Å². The first-order chi connectivity index (χ1) is 12.2. The number of carbonyl (C=O) groups is 2. The molecule has 0 aliphatic carbocycles. The number of hydrogen-bond acceptors (Lipinski definition) is 3. The van der Waals surface area contributed by atoms with E-state index in [1.807, 2.05) is 6.07 Å². The van der Waals surface area contributed by atoms with E-state index >= 15 is 0 Å². The maximum atomic E-state index is 12.2. The SMILES string of the molecule is CC1CC(C)CN(C(C)(C)CNC(=O)CNC(=O)c2cccc(Br)c2)C1. The number of benzene rings is 1. The van der Waals surface area contributed by atoms with E-state index in [0.717, 1.165) is 17.6 Å². The summed E-state index contributed by atoms with van der Waals surface area (Å²) >= 11 is 3.34. The number of rotatable bonds is 6. The lowest BCUT2D eigenvalue weighted by Gasteiger charge is -2.45. The Labute approximate surface area is 165 Å². The monoisotopic (exact) mass is 423 g/mol. The smallest absolute Gasteiger partial charge is 0.251 e. The molecule has 5 nitrogen and oxygen atoms in total. The molecule has 1 aromatic carbocycles. The second kappa shape index (κ2) is 9.00. The lowest BCUT2D eigenvalue weighted by Crippen LogP contribution is -2.56. The van der Waals surface area contributed by atoms with Crippen LogP contribution in [0, 0.1) is 11.8 Å². The van der Waals surface area contributed by atoms with Crippen LogP contribution in [0.2, 0.25) is 0 Å². The summed E-state index contributed by atoms with van der Waals surface area (Å²) in [5.41, 5.74) is 0.427. The molecule has 0 bridgehead atoms. The molecule has 2 N–H and O–H groups in total. The Kier molecular flexibility index (Phi) is 7.24. The van der Waals surface area contributed by atoms with Crippen molar-refractivity contribution in [2.24, 2.45) is 11.8 Å². The van der Waals surface area contributed by atoms with Gasteiger partial charge in [-0.05, 0) is 50.3 Å². The largest absolute Gasteiger partial charge is 0.353 e. The highest BCUT2D eigenvalue weighted by molar-refractivity contribution is 9.10. The van der Waals surface area contributed by atoms with Gasteiger partial charge in [0.1, 0.15) is 0 Å². The normalized spacial score (nSPS) is 21.3. The Hall–Kier alpha value is -1.40. The Balaban J connectivity index is 1.79. The average Bonchev–Trinajstić information content (AvgIpc) is 2.57. The minimum absolute atomic E-state index is 0.0196. The molecule has 0 saturated carbocycles. The van der Waals surface area contributed by atoms with Crippen LogP contribution in [-0.2, 0) is 4.79 Å². The summed E-state index contributed by atoms with van der Waals surface area (Å²) in [6.45, 7) is 11.6. The van der Waals surface area contributed by atoms with Gasteiger partial charge in [0.15, 0.2) is 0 Å². The number of amides is 2. The van der Waals surface area contributed by atoms with Crippen molar-refractivity contribution >= 4 is 27.7 Å². The molecule has 144 valence electrons. The van der Waals surface area contributed by atoms with Crippen LogP contribution in [0.4, 0.5) is 0 Å². The first-order valence-electron chi connectivity index (χ1n) is 9.23. The number of carbonyl (C=O) groups excluding carboxylic acids is 2. The van der Waals surface area contributed by atoms with E-state index in [9.17, 15) is 9.59 Å². The van der Waals surface area contributed by atoms with E-state index < -0.39 is 0 Å². The molecule has 1 aromatic rings. The van der Waals surface area contributed by atoms with E-state index in [0.29, 0.717) is 23.9 Å². The molecular weight excluding hydrogens is 394 g/mol. The molecule has 0 radical (unpaired) electrons. The molecule has 2 amide bonds. The number of nitrogens with zero attached hydrogens (tertiary/aromatic N) is 1. The van der Waals surface area contributed by atoms with Gasteiger partial charge in [-0.15, -0.1) is 0 Å². The third kappa shape index (κ3) is 6.09. The van der Waals surface area contributed by atoms with Gasteiger partial charge >= 0.3 is 0 Å². The first kappa shape index (κ1) is 20.9. The number of nitrogens with one attached hydrogen (secondary N) is 2. The molecule has 1 heterocycles. The summed E-state index contributed by atoms with van der Waals surface area (Å²) < 4.78 is 0.835. The lowest BCUT2D eigenvalue weighted by molar-refractivity contribution is -0.120. The predicted octanol–water partition coefficient (Wildman–Crippen LogP) is 3.05. The Morgan fingerprint density at radius 2 is 1.85 bits per heavy atom. The van der Waals surface area contributed by atoms with Crippen molar-refractivity contribution in [1.29, 1.82) is 0 Å². The Morgan fingerprint density at radius 1 is 1.19 bits per heavy atom. The van der Waals surface area contributed by atoms with E-state index in [1.165, 1.54) is 6.42 Å². The molecule has 6 heteroatoms. The fourth-order valence-corrected chi connectivity index (χ4v) is 3.94. The van der Waals surface area contributed by atoms with Crippen molar-refractivity contribution in [3.05, 3.63) is 34.3 Å². The van der Waals surface area contributed by atoms with Crippen LogP contribution in [0.1, 0.15) is 44.5 Å². The summed E-state index contributed by atoms with van der Waals surface area (Å²) in [6.07, 6.45) is 1.26. The topological polar surface area (TPSA) is 61.4 Å². The number of likely N-dealkylation sites (tertiary alicyclic amines) is 1. The minimum atomic E-state index is -0.251. The average molecular weight is 424 g/mol. The summed E-state index contributed by atoms with van der Waals surface area (Å²) in [5.74, 6) is 0.940. The summed E-state index contributed by atoms with van der Waals surface area (Å²) in [6, 6.07) is 7.10. The molecule has 1 saturated heterocycles. The first-order valence-corrected chi connectivity index (χ1v) is 10.0. The summed E-state index contributed by atoms with van der Waals surface area (Å²) in [7, 11) is 0. The van der Waals surface area contributed by atoms with Gasteiger partial charge in [0.25, 0.3) is 5.91 Å². The van der Waals surface area contributed by atoms with Gasteiger partial charge in [-0.1, -0.05) is 35.8 Å². The molecule has 0 spiro atoms. The number of piperidine rings is 1. The van der Waals surface area contributed by atoms with E-state index in [-0.39, 0.29) is 23.9 Å². The highest BCUT2D eigenvalue weighted by Crippen LogP contribution is 2.26. The third-order valence-corrected chi connectivity index (χ3v) is 5.43. The van der Waals surface area contributed by atoms with Gasteiger partial charge in [0.05, 0.1) is 6.54 Å². The number of hydrogen-bond donors (Lipinski definition) is 2. The summed E-state index contributed by atoms with van der Waals surface area (Å²) in [4.78, 5) is 26.7. The van der Waals surface area contributed by atoms with Gasteiger partial charge in [0.2, 0.25) is 5.91 Å². The zero-order valence-corrected chi connectivity index (χ0v) is 17.7. The fourth-order valence-electron chi connectivity index (χ4n) is 3.54.